The van der Waals surface area contributed by atoms with Crippen molar-refractivity contribution in [2.24, 2.45) is 0 Å². The van der Waals surface area contributed by atoms with Crippen molar-refractivity contribution in [3.05, 3.63) is 47.6 Å². The number of nitrogen functional groups attached to an aromatic ring is 1. The SMILES string of the molecule is CN(C)CCN1CCN(c2nc(-c3cccs3)c3c(N)n(-c4cccc(F)c4)nc3n2)CC1. The molecule has 0 saturated carbocycles. The second-order valence-electron chi connectivity index (χ2n) is 8.46. The predicted molar refractivity (Wildman–Crippen MR) is 132 cm³/mol. The van der Waals surface area contributed by atoms with Gasteiger partial charge in [0.05, 0.1) is 21.6 Å². The van der Waals surface area contributed by atoms with Crippen molar-refractivity contribution in [3.8, 4) is 16.3 Å². The summed E-state index contributed by atoms with van der Waals surface area (Å²) in [5.74, 6) is 0.713. The van der Waals surface area contributed by atoms with Crippen molar-refractivity contribution in [2.75, 3.05) is 64.0 Å². The molecule has 0 spiro atoms. The number of nitrogens with zero attached hydrogens (tertiary/aromatic N) is 7. The summed E-state index contributed by atoms with van der Waals surface area (Å²) in [7, 11) is 4.19. The summed E-state index contributed by atoms with van der Waals surface area (Å²) >= 11 is 1.60. The van der Waals surface area contributed by atoms with Gasteiger partial charge in [0.25, 0.3) is 0 Å². The van der Waals surface area contributed by atoms with Crippen LogP contribution in [0, 0.1) is 5.82 Å². The van der Waals surface area contributed by atoms with Gasteiger partial charge in [0.15, 0.2) is 5.65 Å². The number of hydrogen-bond acceptors (Lipinski definition) is 8. The molecule has 1 aliphatic heterocycles. The maximum Gasteiger partial charge on any atom is 0.228 e. The fraction of sp³-hybridized carbons (Fsp3) is 0.348. The second-order valence-corrected chi connectivity index (χ2v) is 9.40. The second kappa shape index (κ2) is 9.05. The Hall–Kier alpha value is -3.08. The van der Waals surface area contributed by atoms with E-state index >= 15 is 0 Å². The van der Waals surface area contributed by atoms with Crippen molar-refractivity contribution < 1.29 is 4.39 Å². The number of piperazine rings is 1. The number of aromatic nitrogens is 4. The Balaban J connectivity index is 1.52. The van der Waals surface area contributed by atoms with Crippen molar-refractivity contribution in [3.63, 3.8) is 0 Å². The molecule has 8 nitrogen and oxygen atoms in total. The molecular weight excluding hydrogens is 439 g/mol. The van der Waals surface area contributed by atoms with E-state index in [1.807, 2.05) is 17.5 Å². The molecule has 0 bridgehead atoms. The van der Waals surface area contributed by atoms with Gasteiger partial charge in [-0.3, -0.25) is 4.90 Å². The van der Waals surface area contributed by atoms with Gasteiger partial charge in [-0.1, -0.05) is 12.1 Å². The molecule has 0 amide bonds. The van der Waals surface area contributed by atoms with Crippen molar-refractivity contribution in [2.45, 2.75) is 0 Å². The first-order valence-electron chi connectivity index (χ1n) is 11.0. The first-order valence-corrected chi connectivity index (χ1v) is 11.9. The van der Waals surface area contributed by atoms with Crippen LogP contribution >= 0.6 is 11.3 Å². The van der Waals surface area contributed by atoms with Gasteiger partial charge >= 0.3 is 0 Å². The summed E-state index contributed by atoms with van der Waals surface area (Å²) in [6, 6.07) is 10.2. The van der Waals surface area contributed by atoms with Crippen LogP contribution in [0.15, 0.2) is 41.8 Å². The quantitative estimate of drug-likeness (QED) is 0.468. The van der Waals surface area contributed by atoms with E-state index in [0.717, 1.165) is 49.8 Å². The largest absolute Gasteiger partial charge is 0.383 e. The molecule has 10 heteroatoms. The molecule has 0 unspecified atom stereocenters. The molecule has 0 aliphatic carbocycles. The molecule has 4 heterocycles. The highest BCUT2D eigenvalue weighted by molar-refractivity contribution is 7.13. The summed E-state index contributed by atoms with van der Waals surface area (Å²) < 4.78 is 15.4. The molecule has 0 radical (unpaired) electrons. The monoisotopic (exact) mass is 466 g/mol. The zero-order valence-electron chi connectivity index (χ0n) is 18.8. The maximum atomic E-state index is 13.9. The van der Waals surface area contributed by atoms with Gasteiger partial charge in [-0.05, 0) is 43.7 Å². The zero-order chi connectivity index (χ0) is 22.9. The third kappa shape index (κ3) is 4.41. The number of likely N-dealkylation sites (N-methyl/N-ethyl adjacent to an activating group) is 1. The molecule has 33 heavy (non-hydrogen) atoms. The maximum absolute atomic E-state index is 13.9. The normalized spacial score (nSPS) is 15.1. The van der Waals surface area contributed by atoms with Crippen LogP contribution in [-0.4, -0.2) is 82.9 Å². The van der Waals surface area contributed by atoms with Crippen molar-refractivity contribution in [1.82, 2.24) is 29.5 Å². The summed E-state index contributed by atoms with van der Waals surface area (Å²) in [5, 5.41) is 7.35. The molecule has 1 aromatic carbocycles. The van der Waals surface area contributed by atoms with E-state index in [0.29, 0.717) is 28.5 Å². The predicted octanol–water partition coefficient (Wildman–Crippen LogP) is 2.95. The lowest BCUT2D eigenvalue weighted by molar-refractivity contribution is 0.229. The molecule has 1 fully saturated rings. The average Bonchev–Trinajstić information content (AvgIpc) is 3.46. The minimum atomic E-state index is -0.344. The Morgan fingerprint density at radius 3 is 2.61 bits per heavy atom. The topological polar surface area (TPSA) is 79.3 Å². The Morgan fingerprint density at radius 1 is 1.09 bits per heavy atom. The van der Waals surface area contributed by atoms with Gasteiger partial charge in [-0.15, -0.1) is 16.4 Å². The molecule has 1 aliphatic rings. The van der Waals surface area contributed by atoms with Gasteiger partial charge in [-0.25, -0.2) is 14.1 Å². The lowest BCUT2D eigenvalue weighted by Crippen LogP contribution is -2.48. The first kappa shape index (κ1) is 21.7. The molecule has 2 N–H and O–H groups in total. The van der Waals surface area contributed by atoms with Crippen molar-refractivity contribution >= 4 is 34.1 Å². The van der Waals surface area contributed by atoms with E-state index in [2.05, 4.69) is 33.9 Å². The minimum Gasteiger partial charge on any atom is -0.383 e. The highest BCUT2D eigenvalue weighted by atomic mass is 32.1. The molecule has 5 rings (SSSR count). The number of hydrogen-bond donors (Lipinski definition) is 1. The van der Waals surface area contributed by atoms with E-state index < -0.39 is 0 Å². The van der Waals surface area contributed by atoms with E-state index in [1.54, 1.807) is 28.2 Å². The van der Waals surface area contributed by atoms with Crippen LogP contribution < -0.4 is 10.6 Å². The van der Waals surface area contributed by atoms with Crippen LogP contribution in [0.5, 0.6) is 0 Å². The standard InChI is InChI=1S/C23H27FN8S/c1-29(2)8-9-30-10-12-31(13-11-30)23-26-20(18-7-4-14-33-18)19-21(25)32(28-22(19)27-23)17-6-3-5-16(24)15-17/h3-7,14-15H,8-13,25H2,1-2H3. The van der Waals surface area contributed by atoms with Gasteiger partial charge in [0.2, 0.25) is 5.95 Å². The highest BCUT2D eigenvalue weighted by Crippen LogP contribution is 2.35. The Kier molecular flexibility index (Phi) is 5.96. The molecule has 172 valence electrons. The number of fused-ring (bicyclic) bond motifs is 1. The fourth-order valence-corrected chi connectivity index (χ4v) is 4.77. The Bertz CT molecular complexity index is 1250. The number of anilines is 2. The van der Waals surface area contributed by atoms with Crippen LogP contribution in [0.2, 0.25) is 0 Å². The van der Waals surface area contributed by atoms with Gasteiger partial charge < -0.3 is 15.5 Å². The Morgan fingerprint density at radius 2 is 1.91 bits per heavy atom. The van der Waals surface area contributed by atoms with Crippen molar-refractivity contribution in [1.29, 1.82) is 0 Å². The zero-order valence-corrected chi connectivity index (χ0v) is 19.6. The van der Waals surface area contributed by atoms with Gasteiger partial charge in [0, 0.05) is 39.3 Å². The van der Waals surface area contributed by atoms with Crippen LogP contribution in [-0.2, 0) is 0 Å². The molecular formula is C23H27FN8S. The number of rotatable bonds is 6. The van der Waals surface area contributed by atoms with Gasteiger partial charge in [0.1, 0.15) is 11.6 Å². The van der Waals surface area contributed by atoms with Crippen LogP contribution in [0.4, 0.5) is 16.2 Å². The number of benzene rings is 1. The number of halogens is 1. The highest BCUT2D eigenvalue weighted by Gasteiger charge is 2.24. The molecule has 3 aromatic heterocycles. The molecule has 0 atom stereocenters. The van der Waals surface area contributed by atoms with Crippen LogP contribution in [0.1, 0.15) is 0 Å². The first-order chi connectivity index (χ1) is 16.0. The summed E-state index contributed by atoms with van der Waals surface area (Å²) in [4.78, 5) is 17.6. The van der Waals surface area contributed by atoms with Crippen LogP contribution in [0.25, 0.3) is 27.3 Å². The molecule has 4 aromatic rings. The van der Waals surface area contributed by atoms with E-state index in [1.165, 1.54) is 12.1 Å². The summed E-state index contributed by atoms with van der Waals surface area (Å²) in [6.07, 6.45) is 0. The lowest BCUT2D eigenvalue weighted by Gasteiger charge is -2.35. The third-order valence-electron chi connectivity index (χ3n) is 5.88. The van der Waals surface area contributed by atoms with Gasteiger partial charge in [-0.2, -0.15) is 4.98 Å². The Labute approximate surface area is 196 Å². The smallest absolute Gasteiger partial charge is 0.228 e. The summed E-state index contributed by atoms with van der Waals surface area (Å²) in [6.45, 7) is 5.72. The lowest BCUT2D eigenvalue weighted by atomic mass is 10.2. The minimum absolute atomic E-state index is 0.344. The van der Waals surface area contributed by atoms with Crippen LogP contribution in [0.3, 0.4) is 0 Å². The van der Waals surface area contributed by atoms with E-state index in [4.69, 9.17) is 15.7 Å². The third-order valence-corrected chi connectivity index (χ3v) is 6.76. The van der Waals surface area contributed by atoms with E-state index in [-0.39, 0.29) is 5.82 Å². The summed E-state index contributed by atoms with van der Waals surface area (Å²) in [5.41, 5.74) is 8.34. The van der Waals surface area contributed by atoms with E-state index in [9.17, 15) is 4.39 Å². The average molecular weight is 467 g/mol. The number of thiophene rings is 1. The fourth-order valence-electron chi connectivity index (χ4n) is 4.05. The number of nitrogens with two attached hydrogens (primary N) is 1. The molecule has 1 saturated heterocycles.